The highest BCUT2D eigenvalue weighted by molar-refractivity contribution is 5.56. The van der Waals surface area contributed by atoms with Gasteiger partial charge in [-0.15, -0.1) is 0 Å². The van der Waals surface area contributed by atoms with Crippen LogP contribution in [0.25, 0.3) is 0 Å². The van der Waals surface area contributed by atoms with Gasteiger partial charge in [-0.25, -0.2) is 0 Å². The first-order valence-electron chi connectivity index (χ1n) is 5.19. The molecule has 1 aliphatic rings. The fraction of sp³-hybridized carbons (Fsp3) is 0.700. The van der Waals surface area contributed by atoms with E-state index in [1.54, 1.807) is 0 Å². The Morgan fingerprint density at radius 2 is 1.65 bits per heavy atom. The Morgan fingerprint density at radius 3 is 1.95 bits per heavy atom. The predicted octanol–water partition coefficient (Wildman–Crippen LogP) is 3.15. The summed E-state index contributed by atoms with van der Waals surface area (Å²) in [5.41, 5.74) is -7.27. The minimum atomic E-state index is -5.72. The number of alkyl halides is 6. The van der Waals surface area contributed by atoms with E-state index in [1.807, 2.05) is 0 Å². The van der Waals surface area contributed by atoms with E-state index >= 15 is 0 Å². The molecule has 1 N–H and O–H groups in total. The lowest BCUT2D eigenvalue weighted by Gasteiger charge is -2.28. The van der Waals surface area contributed by atoms with Crippen molar-refractivity contribution >= 4 is 5.87 Å². The smallest absolute Gasteiger partial charge is 0.252 e. The maximum Gasteiger partial charge on any atom is 0.467 e. The maximum atomic E-state index is 13.1. The summed E-state index contributed by atoms with van der Waals surface area (Å²) in [7, 11) is 0. The lowest BCUT2D eigenvalue weighted by molar-refractivity contribution is -0.676. The Balaban J connectivity index is 3.74. The average molecular weight is 299 g/mol. The Morgan fingerprint density at radius 1 is 1.20 bits per heavy atom. The molecule has 0 spiro atoms. The van der Waals surface area contributed by atoms with E-state index in [0.29, 0.717) is 0 Å². The lowest BCUT2D eigenvalue weighted by Crippen LogP contribution is -2.62. The van der Waals surface area contributed by atoms with Gasteiger partial charge in [0.2, 0.25) is 0 Å². The van der Waals surface area contributed by atoms with Crippen LogP contribution in [0.4, 0.5) is 26.3 Å². The number of rotatable bonds is 1. The highest BCUT2D eigenvalue weighted by Crippen LogP contribution is 2.54. The van der Waals surface area contributed by atoms with Crippen LogP contribution in [-0.4, -0.2) is 34.0 Å². The van der Waals surface area contributed by atoms with Crippen LogP contribution in [0.1, 0.15) is 20.3 Å². The molecule has 1 rings (SSSR count). The normalized spacial score (nSPS) is 20.9. The summed E-state index contributed by atoms with van der Waals surface area (Å²) in [5.74, 6) is 1.27. The molecule has 0 radical (unpaired) electrons. The van der Waals surface area contributed by atoms with Crippen LogP contribution < -0.4 is 0 Å². The SMILES string of the molecule is CC1(C)CC(C(F)(F)F)(C(F)(F)F)[N+](C(=C=N)C#N)=N1. The van der Waals surface area contributed by atoms with E-state index in [-0.39, 0.29) is 0 Å². The molecule has 1 aliphatic heterocycles. The molecule has 0 aromatic carbocycles. The molecule has 1 heterocycles. The highest BCUT2D eigenvalue weighted by atomic mass is 19.4. The second kappa shape index (κ2) is 4.31. The number of nitrogens with one attached hydrogen (secondary N) is 1. The number of azo groups is 2. The van der Waals surface area contributed by atoms with Gasteiger partial charge < -0.3 is 0 Å². The van der Waals surface area contributed by atoms with Gasteiger partial charge in [-0.05, 0) is 23.7 Å². The zero-order valence-corrected chi connectivity index (χ0v) is 10.3. The first-order valence-corrected chi connectivity index (χ1v) is 5.19. The fourth-order valence-corrected chi connectivity index (χ4v) is 2.06. The molecule has 0 bridgehead atoms. The van der Waals surface area contributed by atoms with E-state index in [1.165, 1.54) is 5.87 Å². The quantitative estimate of drug-likeness (QED) is 0.344. The number of hydrogen-bond acceptors (Lipinski definition) is 3. The fourth-order valence-electron chi connectivity index (χ4n) is 2.06. The Kier molecular flexibility index (Phi) is 3.49. The number of nitriles is 1. The number of halogens is 6. The van der Waals surface area contributed by atoms with Gasteiger partial charge in [0.05, 0.1) is 12.3 Å². The van der Waals surface area contributed by atoms with Gasteiger partial charge in [0, 0.05) is 0 Å². The van der Waals surface area contributed by atoms with Crippen molar-refractivity contribution in [1.29, 1.82) is 10.7 Å². The number of hydrogen-bond donors (Lipinski definition) is 1. The van der Waals surface area contributed by atoms with Crippen molar-refractivity contribution in [1.82, 2.24) is 0 Å². The Labute approximate surface area is 109 Å². The molecule has 0 atom stereocenters. The molecule has 110 valence electrons. The zero-order chi connectivity index (χ0) is 16.0. The van der Waals surface area contributed by atoms with Crippen LogP contribution in [0.15, 0.2) is 10.8 Å². The zero-order valence-electron chi connectivity index (χ0n) is 10.3. The van der Waals surface area contributed by atoms with Crippen molar-refractivity contribution in [3.8, 4) is 6.07 Å². The molecule has 20 heavy (non-hydrogen) atoms. The highest BCUT2D eigenvalue weighted by Gasteiger charge is 2.85. The van der Waals surface area contributed by atoms with E-state index in [0.717, 1.165) is 19.9 Å². The van der Waals surface area contributed by atoms with Crippen LogP contribution >= 0.6 is 0 Å². The summed E-state index contributed by atoms with van der Waals surface area (Å²) in [4.78, 5) is 0. The first-order chi connectivity index (χ1) is 8.82. The summed E-state index contributed by atoms with van der Waals surface area (Å²) in [6, 6.07) is 1.08. The third kappa shape index (κ3) is 2.18. The molecule has 0 fully saturated rings. The third-order valence-electron chi connectivity index (χ3n) is 2.79. The summed E-state index contributed by atoms with van der Waals surface area (Å²) < 4.78 is 78.2. The van der Waals surface area contributed by atoms with Crippen molar-refractivity contribution in [2.45, 2.75) is 43.7 Å². The van der Waals surface area contributed by atoms with Gasteiger partial charge in [0.15, 0.2) is 6.07 Å². The standard InChI is InChI=1S/C10H9F6N4/c1-7(2)5-8(9(11,12)13,10(14,15)16)20(19-7)6(3-17)4-18/h17H,5H2,1-2H3/q+1. The van der Waals surface area contributed by atoms with Gasteiger partial charge in [0.1, 0.15) is 5.54 Å². The minimum Gasteiger partial charge on any atom is -0.252 e. The van der Waals surface area contributed by atoms with Crippen LogP contribution in [0, 0.1) is 16.7 Å². The summed E-state index contributed by atoms with van der Waals surface area (Å²) >= 11 is 0. The van der Waals surface area contributed by atoms with Crippen molar-refractivity contribution in [2.75, 3.05) is 0 Å². The van der Waals surface area contributed by atoms with Gasteiger partial charge in [-0.1, -0.05) is 0 Å². The van der Waals surface area contributed by atoms with Crippen molar-refractivity contribution in [3.63, 3.8) is 0 Å². The van der Waals surface area contributed by atoms with E-state index in [9.17, 15) is 26.3 Å². The van der Waals surface area contributed by atoms with Crippen LogP contribution in [0.3, 0.4) is 0 Å². The van der Waals surface area contributed by atoms with Gasteiger partial charge >= 0.3 is 23.6 Å². The first kappa shape index (κ1) is 16.2. The van der Waals surface area contributed by atoms with Crippen LogP contribution in [0.2, 0.25) is 0 Å². The molecule has 0 aromatic heterocycles. The summed E-state index contributed by atoms with van der Waals surface area (Å²) in [6.45, 7) is 2.16. The molecule has 0 aliphatic carbocycles. The van der Waals surface area contributed by atoms with Crippen molar-refractivity contribution in [3.05, 3.63) is 5.70 Å². The molecule has 0 amide bonds. The van der Waals surface area contributed by atoms with Crippen LogP contribution in [-0.2, 0) is 0 Å². The molecule has 0 saturated carbocycles. The minimum absolute atomic E-state index is 0.472. The molecule has 10 heteroatoms. The average Bonchev–Trinajstić information content (AvgIpc) is 2.52. The van der Waals surface area contributed by atoms with E-state index in [2.05, 4.69) is 5.11 Å². The number of allylic oxidation sites excluding steroid dienone is 1. The van der Waals surface area contributed by atoms with Crippen molar-refractivity contribution < 1.29 is 31.0 Å². The topological polar surface area (TPSA) is 63.0 Å². The molecular formula is C10H9F6N4+. The number of nitrogens with zero attached hydrogens (tertiary/aromatic N) is 3. The maximum absolute atomic E-state index is 13.1. The monoisotopic (exact) mass is 299 g/mol. The second-order valence-corrected chi connectivity index (χ2v) is 4.84. The van der Waals surface area contributed by atoms with Gasteiger partial charge in [-0.3, -0.25) is 5.41 Å². The van der Waals surface area contributed by atoms with Gasteiger partial charge in [-0.2, -0.15) is 31.6 Å². The summed E-state index contributed by atoms with van der Waals surface area (Å²) in [5, 5.41) is 18.6. The van der Waals surface area contributed by atoms with Gasteiger partial charge in [0.25, 0.3) is 0 Å². The Hall–Kier alpha value is -1.88. The van der Waals surface area contributed by atoms with E-state index < -0.39 is 40.2 Å². The van der Waals surface area contributed by atoms with Crippen molar-refractivity contribution in [2.24, 2.45) is 5.11 Å². The summed E-state index contributed by atoms with van der Waals surface area (Å²) in [6.07, 6.45) is -12.8. The molecule has 4 nitrogen and oxygen atoms in total. The predicted molar refractivity (Wildman–Crippen MR) is 53.1 cm³/mol. The van der Waals surface area contributed by atoms with Crippen LogP contribution in [0.5, 0.6) is 0 Å². The molecule has 0 unspecified atom stereocenters. The third-order valence-corrected chi connectivity index (χ3v) is 2.79. The lowest BCUT2D eigenvalue weighted by atomic mass is 9.85. The Bertz CT molecular complexity index is 528. The largest absolute Gasteiger partial charge is 0.467 e. The van der Waals surface area contributed by atoms with E-state index in [4.69, 9.17) is 10.7 Å². The molecule has 0 aromatic rings. The molecule has 0 saturated heterocycles. The second-order valence-electron chi connectivity index (χ2n) is 4.84. The molecular weight excluding hydrogens is 290 g/mol.